The van der Waals surface area contributed by atoms with Crippen molar-refractivity contribution in [3.63, 3.8) is 0 Å². The average Bonchev–Trinajstić information content (AvgIpc) is 2.91. The third-order valence-corrected chi connectivity index (χ3v) is 4.05. The molecule has 2 heterocycles. The van der Waals surface area contributed by atoms with E-state index in [4.69, 9.17) is 0 Å². The van der Waals surface area contributed by atoms with E-state index in [0.717, 1.165) is 30.8 Å². The van der Waals surface area contributed by atoms with Crippen molar-refractivity contribution in [2.45, 2.75) is 19.4 Å². The lowest BCUT2D eigenvalue weighted by atomic mass is 10.0. The van der Waals surface area contributed by atoms with E-state index in [9.17, 15) is 4.79 Å². The van der Waals surface area contributed by atoms with E-state index in [0.29, 0.717) is 6.42 Å². The maximum Gasteiger partial charge on any atom is 0.228 e. The molecule has 0 saturated carbocycles. The minimum absolute atomic E-state index is 0.0484. The summed E-state index contributed by atoms with van der Waals surface area (Å²) >= 11 is 1.62. The van der Waals surface area contributed by atoms with Gasteiger partial charge in [0, 0.05) is 12.2 Å². The summed E-state index contributed by atoms with van der Waals surface area (Å²) in [4.78, 5) is 11.9. The van der Waals surface area contributed by atoms with Gasteiger partial charge in [-0.25, -0.2) is 0 Å². The number of thiophene rings is 1. The largest absolute Gasteiger partial charge is 0.326 e. The van der Waals surface area contributed by atoms with Gasteiger partial charge in [-0.1, -0.05) is 6.07 Å². The highest BCUT2D eigenvalue weighted by molar-refractivity contribution is 7.08. The highest BCUT2D eigenvalue weighted by Crippen LogP contribution is 2.19. The summed E-state index contributed by atoms with van der Waals surface area (Å²) in [6.07, 6.45) is 1.48. The van der Waals surface area contributed by atoms with E-state index in [-0.39, 0.29) is 5.91 Å². The predicted octanol–water partition coefficient (Wildman–Crippen LogP) is 2.58. The van der Waals surface area contributed by atoms with E-state index in [2.05, 4.69) is 22.8 Å². The fraction of sp³-hybridized carbons (Fsp3) is 0.267. The lowest BCUT2D eigenvalue weighted by Crippen LogP contribution is -2.23. The van der Waals surface area contributed by atoms with Crippen LogP contribution < -0.4 is 10.6 Å². The standard InChI is InChI=1S/C15H16N2OS/c18-15(7-11-4-6-19-10-11)17-14-2-1-13-9-16-5-3-12(13)8-14/h1-2,4,6,8,10,16H,3,5,7,9H2,(H,17,18). The Balaban J connectivity index is 1.67. The lowest BCUT2D eigenvalue weighted by molar-refractivity contribution is -0.115. The van der Waals surface area contributed by atoms with Crippen molar-refractivity contribution in [1.82, 2.24) is 5.32 Å². The highest BCUT2D eigenvalue weighted by atomic mass is 32.1. The molecule has 1 aromatic heterocycles. The summed E-state index contributed by atoms with van der Waals surface area (Å²) in [6, 6.07) is 8.17. The summed E-state index contributed by atoms with van der Waals surface area (Å²) in [5.74, 6) is 0.0484. The fourth-order valence-electron chi connectivity index (χ4n) is 2.34. The van der Waals surface area contributed by atoms with Crippen LogP contribution in [0.25, 0.3) is 0 Å². The van der Waals surface area contributed by atoms with Crippen molar-refractivity contribution in [2.24, 2.45) is 0 Å². The van der Waals surface area contributed by atoms with Crippen LogP contribution in [0.3, 0.4) is 0 Å². The molecule has 1 aliphatic heterocycles. The van der Waals surface area contributed by atoms with Gasteiger partial charge in [-0.3, -0.25) is 4.79 Å². The zero-order valence-electron chi connectivity index (χ0n) is 10.6. The van der Waals surface area contributed by atoms with Crippen molar-refractivity contribution in [3.8, 4) is 0 Å². The van der Waals surface area contributed by atoms with Gasteiger partial charge < -0.3 is 10.6 Å². The van der Waals surface area contributed by atoms with Crippen LogP contribution in [0.5, 0.6) is 0 Å². The van der Waals surface area contributed by atoms with Crippen molar-refractivity contribution < 1.29 is 4.79 Å². The molecule has 0 aliphatic carbocycles. The minimum Gasteiger partial charge on any atom is -0.326 e. The first-order chi connectivity index (χ1) is 9.31. The van der Waals surface area contributed by atoms with Crippen LogP contribution in [0.2, 0.25) is 0 Å². The van der Waals surface area contributed by atoms with Gasteiger partial charge in [0.1, 0.15) is 0 Å². The van der Waals surface area contributed by atoms with Crippen LogP contribution in [-0.2, 0) is 24.2 Å². The fourth-order valence-corrected chi connectivity index (χ4v) is 3.01. The van der Waals surface area contributed by atoms with E-state index in [1.807, 2.05) is 22.9 Å². The zero-order valence-corrected chi connectivity index (χ0v) is 11.4. The summed E-state index contributed by atoms with van der Waals surface area (Å²) in [6.45, 7) is 1.94. The zero-order chi connectivity index (χ0) is 13.1. The molecule has 0 spiro atoms. The van der Waals surface area contributed by atoms with Crippen molar-refractivity contribution in [3.05, 3.63) is 51.7 Å². The Bertz CT molecular complexity index is 578. The first kappa shape index (κ1) is 12.4. The number of anilines is 1. The minimum atomic E-state index is 0.0484. The molecule has 98 valence electrons. The number of amides is 1. The van der Waals surface area contributed by atoms with Crippen LogP contribution in [-0.4, -0.2) is 12.5 Å². The number of fused-ring (bicyclic) bond motifs is 1. The third-order valence-electron chi connectivity index (χ3n) is 3.32. The smallest absolute Gasteiger partial charge is 0.228 e. The maximum absolute atomic E-state index is 11.9. The van der Waals surface area contributed by atoms with E-state index >= 15 is 0 Å². The molecule has 0 unspecified atom stereocenters. The van der Waals surface area contributed by atoms with Crippen molar-refractivity contribution in [2.75, 3.05) is 11.9 Å². The molecule has 3 nitrogen and oxygen atoms in total. The van der Waals surface area contributed by atoms with Crippen LogP contribution in [0.4, 0.5) is 5.69 Å². The molecule has 0 saturated heterocycles. The molecule has 1 aliphatic rings. The average molecular weight is 272 g/mol. The van der Waals surface area contributed by atoms with E-state index in [1.165, 1.54) is 11.1 Å². The highest BCUT2D eigenvalue weighted by Gasteiger charge is 2.10. The summed E-state index contributed by atoms with van der Waals surface area (Å²) in [5, 5.41) is 10.3. The number of carbonyl (C=O) groups excluding carboxylic acids is 1. The Labute approximate surface area is 116 Å². The molecule has 2 aromatic rings. The van der Waals surface area contributed by atoms with Gasteiger partial charge in [0.15, 0.2) is 0 Å². The summed E-state index contributed by atoms with van der Waals surface area (Å²) in [5.41, 5.74) is 4.65. The second-order valence-corrected chi connectivity index (χ2v) is 5.55. The first-order valence-electron chi connectivity index (χ1n) is 6.45. The van der Waals surface area contributed by atoms with Crippen LogP contribution in [0.15, 0.2) is 35.0 Å². The molecular weight excluding hydrogens is 256 g/mol. The number of benzene rings is 1. The Hall–Kier alpha value is -1.65. The molecule has 0 fully saturated rings. The van der Waals surface area contributed by atoms with Gasteiger partial charge in [0.25, 0.3) is 0 Å². The van der Waals surface area contributed by atoms with Gasteiger partial charge >= 0.3 is 0 Å². The van der Waals surface area contributed by atoms with Gasteiger partial charge in [-0.05, 0) is 58.6 Å². The topological polar surface area (TPSA) is 41.1 Å². The Morgan fingerprint density at radius 3 is 3.11 bits per heavy atom. The Morgan fingerprint density at radius 2 is 2.26 bits per heavy atom. The third kappa shape index (κ3) is 3.03. The maximum atomic E-state index is 11.9. The van der Waals surface area contributed by atoms with E-state index in [1.54, 1.807) is 11.3 Å². The predicted molar refractivity (Wildman–Crippen MR) is 78.5 cm³/mol. The molecule has 4 heteroatoms. The number of rotatable bonds is 3. The molecule has 2 N–H and O–H groups in total. The number of nitrogens with one attached hydrogen (secondary N) is 2. The second-order valence-electron chi connectivity index (χ2n) is 4.77. The van der Waals surface area contributed by atoms with Gasteiger partial charge in [-0.2, -0.15) is 11.3 Å². The molecule has 0 atom stereocenters. The number of hydrogen-bond donors (Lipinski definition) is 2. The normalized spacial score (nSPS) is 13.9. The number of hydrogen-bond acceptors (Lipinski definition) is 3. The van der Waals surface area contributed by atoms with Crippen molar-refractivity contribution >= 4 is 22.9 Å². The SMILES string of the molecule is O=C(Cc1ccsc1)Nc1ccc2c(c1)CCNC2. The monoisotopic (exact) mass is 272 g/mol. The van der Waals surface area contributed by atoms with Crippen LogP contribution in [0.1, 0.15) is 16.7 Å². The lowest BCUT2D eigenvalue weighted by Gasteiger charge is -2.18. The van der Waals surface area contributed by atoms with Gasteiger partial charge in [0.2, 0.25) is 5.91 Å². The number of carbonyl (C=O) groups is 1. The Kier molecular flexibility index (Phi) is 3.62. The first-order valence-corrected chi connectivity index (χ1v) is 7.39. The molecule has 19 heavy (non-hydrogen) atoms. The van der Waals surface area contributed by atoms with Crippen molar-refractivity contribution in [1.29, 1.82) is 0 Å². The summed E-state index contributed by atoms with van der Waals surface area (Å²) < 4.78 is 0. The molecule has 1 amide bonds. The molecular formula is C15H16N2OS. The van der Waals surface area contributed by atoms with Gasteiger partial charge in [0.05, 0.1) is 6.42 Å². The van der Waals surface area contributed by atoms with Gasteiger partial charge in [-0.15, -0.1) is 0 Å². The van der Waals surface area contributed by atoms with E-state index < -0.39 is 0 Å². The van der Waals surface area contributed by atoms with Crippen LogP contribution in [0, 0.1) is 0 Å². The second kappa shape index (κ2) is 5.55. The molecule has 0 bridgehead atoms. The quantitative estimate of drug-likeness (QED) is 0.901. The molecule has 3 rings (SSSR count). The Morgan fingerprint density at radius 1 is 1.32 bits per heavy atom. The molecule has 0 radical (unpaired) electrons. The molecule has 1 aromatic carbocycles. The van der Waals surface area contributed by atoms with Crippen LogP contribution >= 0.6 is 11.3 Å². The summed E-state index contributed by atoms with van der Waals surface area (Å²) in [7, 11) is 0.